The fourth-order valence-electron chi connectivity index (χ4n) is 2.52. The molecule has 0 aliphatic heterocycles. The third-order valence-electron chi connectivity index (χ3n) is 3.74. The third-order valence-corrected chi connectivity index (χ3v) is 4.72. The molecule has 1 aromatic carbocycles. The first-order valence-electron chi connectivity index (χ1n) is 7.37. The van der Waals surface area contributed by atoms with Crippen molar-refractivity contribution in [3.8, 4) is 0 Å². The van der Waals surface area contributed by atoms with Gasteiger partial charge >= 0.3 is 0 Å². The molecular weight excluding hydrogens is 296 g/mol. The Morgan fingerprint density at radius 3 is 3.00 bits per heavy atom. The number of hydrogen-bond acceptors (Lipinski definition) is 4. The van der Waals surface area contributed by atoms with Crippen LogP contribution in [0.2, 0.25) is 0 Å². The minimum absolute atomic E-state index is 0.107. The zero-order chi connectivity index (χ0) is 15.5. The van der Waals surface area contributed by atoms with Gasteiger partial charge in [0.1, 0.15) is 6.33 Å². The van der Waals surface area contributed by atoms with E-state index in [1.807, 2.05) is 29.8 Å². The van der Waals surface area contributed by atoms with E-state index < -0.39 is 0 Å². The first-order valence-corrected chi connectivity index (χ1v) is 8.36. The summed E-state index contributed by atoms with van der Waals surface area (Å²) in [5, 5.41) is 9.71. The van der Waals surface area contributed by atoms with Crippen LogP contribution in [0.25, 0.3) is 10.9 Å². The average Bonchev–Trinajstić information content (AvgIpc) is 3.18. The number of benzene rings is 1. The lowest BCUT2D eigenvalue weighted by Gasteiger charge is -2.03. The molecule has 2 aromatic heterocycles. The minimum atomic E-state index is 0.107. The Morgan fingerprint density at radius 1 is 1.36 bits per heavy atom. The number of ketones is 1. The second kappa shape index (κ2) is 6.36. The highest BCUT2D eigenvalue weighted by Gasteiger charge is 2.15. The minimum Gasteiger partial charge on any atom is -0.360 e. The number of Topliss-reactive ketones (excluding diaryl/α,β-unsaturated/α-hetero) is 1. The molecule has 3 rings (SSSR count). The summed E-state index contributed by atoms with van der Waals surface area (Å²) in [4.78, 5) is 15.8. The Bertz CT molecular complexity index is 805. The summed E-state index contributed by atoms with van der Waals surface area (Å²) in [5.41, 5.74) is 3.05. The SMILES string of the molecule is CCc1cccc2c(C(=O)CSc3nncn3CC)c[nH]c12. The van der Waals surface area contributed by atoms with Crippen molar-refractivity contribution >= 4 is 28.4 Å². The topological polar surface area (TPSA) is 63.6 Å². The van der Waals surface area contributed by atoms with Crippen LogP contribution in [0.3, 0.4) is 0 Å². The number of para-hydroxylation sites is 1. The van der Waals surface area contributed by atoms with Crippen molar-refractivity contribution in [1.82, 2.24) is 19.7 Å². The van der Waals surface area contributed by atoms with Crippen LogP contribution in [0.1, 0.15) is 29.8 Å². The lowest BCUT2D eigenvalue weighted by atomic mass is 10.1. The molecule has 22 heavy (non-hydrogen) atoms. The van der Waals surface area contributed by atoms with Crippen LogP contribution in [-0.4, -0.2) is 31.3 Å². The highest BCUT2D eigenvalue weighted by Crippen LogP contribution is 2.24. The van der Waals surface area contributed by atoms with Gasteiger partial charge in [-0.05, 0) is 18.9 Å². The van der Waals surface area contributed by atoms with E-state index in [0.29, 0.717) is 5.75 Å². The number of nitrogens with one attached hydrogen (secondary N) is 1. The van der Waals surface area contributed by atoms with Gasteiger partial charge in [0.25, 0.3) is 0 Å². The molecule has 0 bridgehead atoms. The van der Waals surface area contributed by atoms with Gasteiger partial charge in [0.05, 0.1) is 5.75 Å². The summed E-state index contributed by atoms with van der Waals surface area (Å²) in [7, 11) is 0. The van der Waals surface area contributed by atoms with E-state index in [2.05, 4.69) is 28.2 Å². The van der Waals surface area contributed by atoms with Crippen LogP contribution in [0.5, 0.6) is 0 Å². The third kappa shape index (κ3) is 2.66. The zero-order valence-electron chi connectivity index (χ0n) is 12.7. The van der Waals surface area contributed by atoms with Gasteiger partial charge in [0.2, 0.25) is 0 Å². The summed E-state index contributed by atoms with van der Waals surface area (Å²) >= 11 is 1.43. The van der Waals surface area contributed by atoms with Crippen molar-refractivity contribution < 1.29 is 4.79 Å². The maximum absolute atomic E-state index is 12.5. The van der Waals surface area contributed by atoms with Gasteiger partial charge in [0.15, 0.2) is 10.9 Å². The molecule has 0 unspecified atom stereocenters. The van der Waals surface area contributed by atoms with Crippen molar-refractivity contribution in [2.45, 2.75) is 32.0 Å². The molecule has 6 heteroatoms. The van der Waals surface area contributed by atoms with Crippen LogP contribution in [0.4, 0.5) is 0 Å². The summed E-state index contributed by atoms with van der Waals surface area (Å²) in [5.74, 6) is 0.470. The van der Waals surface area contributed by atoms with E-state index in [9.17, 15) is 4.79 Å². The second-order valence-electron chi connectivity index (χ2n) is 5.01. The number of aryl methyl sites for hydroxylation is 2. The highest BCUT2D eigenvalue weighted by atomic mass is 32.2. The van der Waals surface area contributed by atoms with Crippen molar-refractivity contribution in [1.29, 1.82) is 0 Å². The van der Waals surface area contributed by atoms with Crippen LogP contribution in [0, 0.1) is 0 Å². The first kappa shape index (κ1) is 14.8. The number of carbonyl (C=O) groups is 1. The van der Waals surface area contributed by atoms with Gasteiger partial charge in [0, 0.05) is 29.2 Å². The van der Waals surface area contributed by atoms with Gasteiger partial charge < -0.3 is 9.55 Å². The molecule has 0 fully saturated rings. The van der Waals surface area contributed by atoms with E-state index in [-0.39, 0.29) is 5.78 Å². The predicted molar refractivity (Wildman–Crippen MR) is 88.4 cm³/mol. The monoisotopic (exact) mass is 314 g/mol. The van der Waals surface area contributed by atoms with Crippen LogP contribution in [0.15, 0.2) is 35.9 Å². The lowest BCUT2D eigenvalue weighted by Crippen LogP contribution is -2.03. The van der Waals surface area contributed by atoms with Crippen molar-refractivity contribution in [2.24, 2.45) is 0 Å². The Labute approximate surface area is 133 Å². The van der Waals surface area contributed by atoms with E-state index >= 15 is 0 Å². The molecule has 1 N–H and O–H groups in total. The molecule has 114 valence electrons. The van der Waals surface area contributed by atoms with Crippen LogP contribution >= 0.6 is 11.8 Å². The Morgan fingerprint density at radius 2 is 2.23 bits per heavy atom. The van der Waals surface area contributed by atoms with E-state index in [1.165, 1.54) is 17.3 Å². The Hall–Kier alpha value is -2.08. The molecule has 2 heterocycles. The van der Waals surface area contributed by atoms with E-state index in [1.54, 1.807) is 6.33 Å². The number of nitrogens with zero attached hydrogens (tertiary/aromatic N) is 3. The largest absolute Gasteiger partial charge is 0.360 e. The van der Waals surface area contributed by atoms with Crippen molar-refractivity contribution in [2.75, 3.05) is 5.75 Å². The van der Waals surface area contributed by atoms with E-state index in [0.717, 1.165) is 34.6 Å². The number of hydrogen-bond donors (Lipinski definition) is 1. The van der Waals surface area contributed by atoms with Gasteiger partial charge in [-0.3, -0.25) is 4.79 Å². The Kier molecular flexibility index (Phi) is 4.29. The number of aromatic nitrogens is 4. The standard InChI is InChI=1S/C16H18N4OS/c1-3-11-6-5-7-12-13(8-17-15(11)12)14(21)9-22-16-19-18-10-20(16)4-2/h5-8,10,17H,3-4,9H2,1-2H3. The molecule has 0 atom stereocenters. The van der Waals surface area contributed by atoms with Gasteiger partial charge in [-0.2, -0.15) is 0 Å². The molecule has 0 saturated carbocycles. The molecular formula is C16H18N4OS. The number of carbonyl (C=O) groups excluding carboxylic acids is 1. The summed E-state index contributed by atoms with van der Waals surface area (Å²) in [6.07, 6.45) is 4.45. The summed E-state index contributed by atoms with van der Waals surface area (Å²) < 4.78 is 1.93. The zero-order valence-corrected chi connectivity index (χ0v) is 13.5. The molecule has 5 nitrogen and oxygen atoms in total. The number of H-pyrrole nitrogens is 1. The molecule has 0 amide bonds. The molecule has 3 aromatic rings. The molecule has 0 aliphatic carbocycles. The van der Waals surface area contributed by atoms with Crippen molar-refractivity contribution in [3.63, 3.8) is 0 Å². The maximum Gasteiger partial charge on any atom is 0.191 e. The summed E-state index contributed by atoms with van der Waals surface area (Å²) in [6, 6.07) is 6.09. The average molecular weight is 314 g/mol. The molecule has 0 saturated heterocycles. The predicted octanol–water partition coefficient (Wildman–Crippen LogP) is 3.32. The number of fused-ring (bicyclic) bond motifs is 1. The maximum atomic E-state index is 12.5. The normalized spacial score (nSPS) is 11.2. The second-order valence-corrected chi connectivity index (χ2v) is 5.95. The molecule has 0 aliphatic rings. The highest BCUT2D eigenvalue weighted by molar-refractivity contribution is 7.99. The molecule has 0 spiro atoms. The Balaban J connectivity index is 1.81. The number of thioether (sulfide) groups is 1. The first-order chi connectivity index (χ1) is 10.7. The van der Waals surface area contributed by atoms with Gasteiger partial charge in [-0.15, -0.1) is 10.2 Å². The fraction of sp³-hybridized carbons (Fsp3) is 0.312. The lowest BCUT2D eigenvalue weighted by molar-refractivity contribution is 0.102. The fourth-order valence-corrected chi connectivity index (χ4v) is 3.39. The van der Waals surface area contributed by atoms with Crippen LogP contribution in [-0.2, 0) is 13.0 Å². The number of rotatable bonds is 6. The quantitative estimate of drug-likeness (QED) is 0.560. The number of aromatic amines is 1. The van der Waals surface area contributed by atoms with Crippen LogP contribution < -0.4 is 0 Å². The molecule has 0 radical (unpaired) electrons. The van der Waals surface area contributed by atoms with E-state index in [4.69, 9.17) is 0 Å². The summed E-state index contributed by atoms with van der Waals surface area (Å²) in [6.45, 7) is 4.95. The van der Waals surface area contributed by atoms with Gasteiger partial charge in [-0.25, -0.2) is 0 Å². The van der Waals surface area contributed by atoms with Crippen molar-refractivity contribution in [3.05, 3.63) is 41.9 Å². The smallest absolute Gasteiger partial charge is 0.191 e. The van der Waals surface area contributed by atoms with Gasteiger partial charge in [-0.1, -0.05) is 36.9 Å².